The molecule has 26 heavy (non-hydrogen) atoms. The second-order valence-electron chi connectivity index (χ2n) is 6.20. The fourth-order valence-corrected chi connectivity index (χ4v) is 3.45. The summed E-state index contributed by atoms with van der Waals surface area (Å²) in [4.78, 5) is 0. The topological polar surface area (TPSA) is 225 Å². The Kier molecular flexibility index (Phi) is 8.63. The Hall–Kier alpha value is -0.580. The molecule has 0 amide bonds. The summed E-state index contributed by atoms with van der Waals surface area (Å²) in [5.41, 5.74) is 0. The van der Waals surface area contributed by atoms with Crippen LogP contribution in [-0.4, -0.2) is 110 Å². The summed E-state index contributed by atoms with van der Waals surface area (Å²) in [6.07, 6.45) is -13.4. The van der Waals surface area contributed by atoms with Gasteiger partial charge in [-0.05, 0) is 0 Å². The normalized spacial score (nSPS) is 30.0. The molecule has 0 aromatic carbocycles. The van der Waals surface area contributed by atoms with E-state index in [9.17, 15) is 44.2 Å². The molecule has 9 N–H and O–H groups in total. The smallest absolute Gasteiger partial charge is 0.394 e. The van der Waals surface area contributed by atoms with Crippen LogP contribution < -0.4 is 0 Å². The van der Waals surface area contributed by atoms with Gasteiger partial charge in [0.1, 0.15) is 61.5 Å². The SMILES string of the molecule is O=S(=O)(O)OC([C@H](O)C(O)C(O)CO)[C@H](O)C[C+]1C[C@@H](O)[C@H](O)[C@H]1CO. The molecule has 8 atom stereocenters. The summed E-state index contributed by atoms with van der Waals surface area (Å²) in [6, 6.07) is 0. The lowest BCUT2D eigenvalue weighted by atomic mass is 9.87. The standard InChI is InChI=1S/C13H24O12S/c14-3-6-5(1-7(16)10(6)19)2-8(17)13(25-26(22,23)24)12(21)11(20)9(18)4-15/h6-21H,1-4H2/p+1/t6-,7+,8+,9?,10+,11?,12+,13?/m0/s1. The van der Waals surface area contributed by atoms with Crippen molar-refractivity contribution in [2.45, 2.75) is 55.6 Å². The zero-order valence-corrected chi connectivity index (χ0v) is 14.4. The van der Waals surface area contributed by atoms with Gasteiger partial charge in [-0.25, -0.2) is 4.18 Å². The first-order valence-electron chi connectivity index (χ1n) is 7.73. The van der Waals surface area contributed by atoms with Gasteiger partial charge in [-0.1, -0.05) is 0 Å². The van der Waals surface area contributed by atoms with Crippen LogP contribution in [0.15, 0.2) is 0 Å². The van der Waals surface area contributed by atoms with E-state index in [1.807, 2.05) is 0 Å². The molecule has 1 rings (SSSR count). The van der Waals surface area contributed by atoms with Gasteiger partial charge in [0.05, 0.1) is 13.2 Å². The molecular weight excluding hydrogens is 380 g/mol. The summed E-state index contributed by atoms with van der Waals surface area (Å²) >= 11 is 0. The highest BCUT2D eigenvalue weighted by Gasteiger charge is 2.52. The van der Waals surface area contributed by atoms with Crippen LogP contribution >= 0.6 is 0 Å². The third kappa shape index (κ3) is 5.97. The summed E-state index contributed by atoms with van der Waals surface area (Å²) < 4.78 is 34.9. The highest BCUT2D eigenvalue weighted by molar-refractivity contribution is 7.80. The van der Waals surface area contributed by atoms with Crippen molar-refractivity contribution in [3.8, 4) is 0 Å². The molecule has 13 heteroatoms. The lowest BCUT2D eigenvalue weighted by molar-refractivity contribution is -0.133. The van der Waals surface area contributed by atoms with Crippen molar-refractivity contribution in [3.63, 3.8) is 0 Å². The van der Waals surface area contributed by atoms with E-state index in [0.717, 1.165) is 0 Å². The zero-order valence-electron chi connectivity index (χ0n) is 13.6. The van der Waals surface area contributed by atoms with Gasteiger partial charge in [0.15, 0.2) is 5.92 Å². The molecule has 0 heterocycles. The van der Waals surface area contributed by atoms with Gasteiger partial charge in [0.2, 0.25) is 0 Å². The Morgan fingerprint density at radius 3 is 2.08 bits per heavy atom. The summed E-state index contributed by atoms with van der Waals surface area (Å²) in [5.74, 6) is -0.676. The molecule has 0 spiro atoms. The second-order valence-corrected chi connectivity index (χ2v) is 7.25. The average Bonchev–Trinajstić information content (AvgIpc) is 2.82. The maximum absolute atomic E-state index is 11.0. The van der Waals surface area contributed by atoms with Crippen LogP contribution in [0.5, 0.6) is 0 Å². The molecule has 1 saturated carbocycles. The fraction of sp³-hybridized carbons (Fsp3) is 0.923. The first-order valence-corrected chi connectivity index (χ1v) is 9.09. The van der Waals surface area contributed by atoms with E-state index in [1.54, 1.807) is 0 Å². The van der Waals surface area contributed by atoms with E-state index in [-0.39, 0.29) is 12.3 Å². The van der Waals surface area contributed by atoms with E-state index in [2.05, 4.69) is 4.18 Å². The third-order valence-corrected chi connectivity index (χ3v) is 4.82. The van der Waals surface area contributed by atoms with E-state index in [1.165, 1.54) is 0 Å². The van der Waals surface area contributed by atoms with Crippen LogP contribution in [0, 0.1) is 11.8 Å². The van der Waals surface area contributed by atoms with Gasteiger partial charge in [-0.15, -0.1) is 0 Å². The van der Waals surface area contributed by atoms with Crippen LogP contribution in [0.3, 0.4) is 0 Å². The lowest BCUT2D eigenvalue weighted by Crippen LogP contribution is -2.52. The maximum Gasteiger partial charge on any atom is 0.397 e. The largest absolute Gasteiger partial charge is 0.397 e. The van der Waals surface area contributed by atoms with Crippen molar-refractivity contribution in [2.75, 3.05) is 13.2 Å². The molecule has 1 aliphatic rings. The van der Waals surface area contributed by atoms with Crippen molar-refractivity contribution in [1.29, 1.82) is 0 Å². The van der Waals surface area contributed by atoms with E-state index < -0.39 is 78.7 Å². The van der Waals surface area contributed by atoms with E-state index >= 15 is 0 Å². The van der Waals surface area contributed by atoms with Gasteiger partial charge in [0.25, 0.3) is 0 Å². The van der Waals surface area contributed by atoms with Crippen molar-refractivity contribution < 1.29 is 58.0 Å². The number of aliphatic hydroxyl groups excluding tert-OH is 8. The molecule has 0 bridgehead atoms. The van der Waals surface area contributed by atoms with Crippen LogP contribution in [0.2, 0.25) is 0 Å². The molecule has 0 saturated heterocycles. The number of hydrogen-bond acceptors (Lipinski definition) is 11. The Balaban J connectivity index is 2.95. The van der Waals surface area contributed by atoms with Gasteiger partial charge in [-0.3, -0.25) is 4.55 Å². The molecule has 0 aliphatic heterocycles. The van der Waals surface area contributed by atoms with E-state index in [4.69, 9.17) is 9.66 Å². The van der Waals surface area contributed by atoms with Crippen molar-refractivity contribution in [2.24, 2.45) is 5.92 Å². The lowest BCUT2D eigenvalue weighted by Gasteiger charge is -2.30. The van der Waals surface area contributed by atoms with Crippen LogP contribution in [0.25, 0.3) is 0 Å². The van der Waals surface area contributed by atoms with Gasteiger partial charge < -0.3 is 40.9 Å². The average molecular weight is 405 g/mol. The number of hydrogen-bond donors (Lipinski definition) is 9. The van der Waals surface area contributed by atoms with Crippen molar-refractivity contribution in [3.05, 3.63) is 5.92 Å². The summed E-state index contributed by atoms with van der Waals surface area (Å²) in [6.45, 7) is -1.56. The quantitative estimate of drug-likeness (QED) is 0.123. The summed E-state index contributed by atoms with van der Waals surface area (Å²) in [7, 11) is -5.19. The van der Waals surface area contributed by atoms with E-state index in [0.29, 0.717) is 0 Å². The molecule has 154 valence electrons. The molecule has 12 nitrogen and oxygen atoms in total. The molecular formula is C13H25O12S+. The third-order valence-electron chi connectivity index (χ3n) is 4.35. The number of aliphatic hydroxyl groups is 8. The number of rotatable bonds is 10. The van der Waals surface area contributed by atoms with Gasteiger partial charge in [-0.2, -0.15) is 8.42 Å². The Morgan fingerprint density at radius 2 is 1.62 bits per heavy atom. The Morgan fingerprint density at radius 1 is 1.04 bits per heavy atom. The second kappa shape index (κ2) is 9.57. The van der Waals surface area contributed by atoms with Crippen LogP contribution in [0.1, 0.15) is 12.8 Å². The monoisotopic (exact) mass is 405 g/mol. The predicted octanol–water partition coefficient (Wildman–Crippen LogP) is -4.69. The zero-order chi connectivity index (χ0) is 20.2. The summed E-state index contributed by atoms with van der Waals surface area (Å²) in [5, 5.41) is 76.6. The van der Waals surface area contributed by atoms with Crippen molar-refractivity contribution >= 4 is 10.4 Å². The molecule has 0 aromatic heterocycles. The fourth-order valence-electron chi connectivity index (χ4n) is 2.93. The van der Waals surface area contributed by atoms with Gasteiger partial charge in [0, 0.05) is 0 Å². The molecule has 0 aromatic rings. The minimum Gasteiger partial charge on any atom is -0.394 e. The van der Waals surface area contributed by atoms with Crippen molar-refractivity contribution in [1.82, 2.24) is 0 Å². The van der Waals surface area contributed by atoms with Gasteiger partial charge >= 0.3 is 10.4 Å². The highest BCUT2D eigenvalue weighted by Crippen LogP contribution is 2.38. The highest BCUT2D eigenvalue weighted by atomic mass is 32.3. The minimum absolute atomic E-state index is 0.125. The maximum atomic E-state index is 11.0. The first kappa shape index (κ1) is 23.5. The van der Waals surface area contributed by atoms with Crippen LogP contribution in [0.4, 0.5) is 0 Å². The molecule has 1 aliphatic carbocycles. The predicted molar refractivity (Wildman–Crippen MR) is 82.6 cm³/mol. The first-order chi connectivity index (χ1) is 11.9. The van der Waals surface area contributed by atoms with Crippen LogP contribution in [-0.2, 0) is 14.6 Å². The molecule has 3 unspecified atom stereocenters. The minimum atomic E-state index is -5.19. The Bertz CT molecular complexity index is 527. The molecule has 0 radical (unpaired) electrons. The molecule has 1 fully saturated rings. The Labute approximate surface area is 149 Å².